The molecule has 0 unspecified atom stereocenters. The molecule has 113 valence electrons. The number of alkyl halides is 1. The summed E-state index contributed by atoms with van der Waals surface area (Å²) in [5, 5.41) is 1.77. The molecule has 0 aliphatic rings. The van der Waals surface area contributed by atoms with Crippen molar-refractivity contribution in [1.29, 1.82) is 0 Å². The molecule has 1 rings (SSSR count). The van der Waals surface area contributed by atoms with Crippen LogP contribution in [0.2, 0.25) is 0 Å². The van der Waals surface area contributed by atoms with Crippen LogP contribution in [0, 0.1) is 5.82 Å². The van der Waals surface area contributed by atoms with Crippen molar-refractivity contribution in [2.75, 3.05) is 4.35 Å². The van der Waals surface area contributed by atoms with Crippen LogP contribution in [0.5, 0.6) is 0 Å². The minimum absolute atomic E-state index is 0.151. The van der Waals surface area contributed by atoms with Gasteiger partial charge in [0.2, 0.25) is 0 Å². The Hall–Kier alpha value is 0.532. The van der Waals surface area contributed by atoms with E-state index in [9.17, 15) is 4.39 Å². The van der Waals surface area contributed by atoms with E-state index in [-0.39, 0.29) is 24.1 Å². The molecule has 0 aliphatic heterocycles. The van der Waals surface area contributed by atoms with E-state index in [0.717, 1.165) is 0 Å². The zero-order chi connectivity index (χ0) is 15.3. The summed E-state index contributed by atoms with van der Waals surface area (Å²) in [4.78, 5) is 0. The number of halogens is 2. The van der Waals surface area contributed by atoms with E-state index >= 15 is 0 Å². The van der Waals surface area contributed by atoms with E-state index in [2.05, 4.69) is 60.7 Å². The standard InChI is InChI=1S/C14H22FP.CH2Cl.Pd/c1-13(2,3)16(14(4,5)6)12-9-7-11(15)8-10-12;1-2;/h7-10H,1-6H3;1H2;. The van der Waals surface area contributed by atoms with Gasteiger partial charge in [0.25, 0.3) is 0 Å². The number of hydrogen-bond acceptors (Lipinski definition) is 0. The summed E-state index contributed by atoms with van der Waals surface area (Å²) < 4.78 is 13.5. The van der Waals surface area contributed by atoms with Crippen LogP contribution in [0.15, 0.2) is 24.3 Å². The van der Waals surface area contributed by atoms with Crippen LogP contribution in [0.4, 0.5) is 4.39 Å². The molecule has 0 nitrogen and oxygen atoms in total. The zero-order valence-electron chi connectivity index (χ0n) is 12.5. The molecule has 0 aliphatic carbocycles. The third kappa shape index (κ3) is 7.20. The van der Waals surface area contributed by atoms with Gasteiger partial charge in [0.05, 0.1) is 0 Å². The summed E-state index contributed by atoms with van der Waals surface area (Å²) >= 11 is 7.64. The van der Waals surface area contributed by atoms with Crippen molar-refractivity contribution in [3.63, 3.8) is 0 Å². The van der Waals surface area contributed by atoms with Gasteiger partial charge in [0.15, 0.2) is 0 Å². The molecule has 0 atom stereocenters. The summed E-state index contributed by atoms with van der Waals surface area (Å²) in [5.74, 6) is -0.151. The molecular weight excluding hydrogens is 372 g/mol. The van der Waals surface area contributed by atoms with Gasteiger partial charge in [-0.25, -0.2) is 4.39 Å². The molecule has 0 saturated heterocycles. The van der Waals surface area contributed by atoms with Crippen molar-refractivity contribution < 1.29 is 23.6 Å². The van der Waals surface area contributed by atoms with Gasteiger partial charge in [-0.1, -0.05) is 61.6 Å². The van der Waals surface area contributed by atoms with Crippen molar-refractivity contribution in [3.05, 3.63) is 30.1 Å². The molecule has 1 aromatic rings. The van der Waals surface area contributed by atoms with Crippen LogP contribution in [-0.4, -0.2) is 14.7 Å². The Balaban J connectivity index is 0.000000982. The summed E-state index contributed by atoms with van der Waals surface area (Å²) in [6.07, 6.45) is 0. The summed E-state index contributed by atoms with van der Waals surface area (Å²) in [6, 6.07) is 7.03. The van der Waals surface area contributed by atoms with Crippen molar-refractivity contribution in [2.45, 2.75) is 51.9 Å². The molecule has 0 aromatic heterocycles. The summed E-state index contributed by atoms with van der Waals surface area (Å²) in [6.45, 7) is 13.6. The van der Waals surface area contributed by atoms with E-state index in [1.807, 2.05) is 12.1 Å². The Morgan fingerprint density at radius 1 is 1.00 bits per heavy atom. The molecule has 0 saturated carbocycles. The van der Waals surface area contributed by atoms with Gasteiger partial charge in [-0.3, -0.25) is 0 Å². The molecule has 0 bridgehead atoms. The van der Waals surface area contributed by atoms with Crippen molar-refractivity contribution in [2.24, 2.45) is 0 Å². The minimum atomic E-state index is -0.317. The summed E-state index contributed by atoms with van der Waals surface area (Å²) in [5.41, 5.74) is 0. The van der Waals surface area contributed by atoms with Crippen molar-refractivity contribution >= 4 is 24.8 Å². The number of hydrogen-bond donors (Lipinski definition) is 0. The summed E-state index contributed by atoms with van der Waals surface area (Å²) in [7, 11) is -0.317. The second-order valence-electron chi connectivity index (χ2n) is 6.24. The first-order valence-corrected chi connectivity index (χ1v) is 9.15. The maximum absolute atomic E-state index is 13.0. The predicted molar refractivity (Wildman–Crippen MR) is 83.2 cm³/mol. The first-order valence-electron chi connectivity index (χ1n) is 6.17. The molecule has 0 fully saturated rings. The molecule has 0 spiro atoms. The number of benzene rings is 1. The SMILES string of the molecule is CC(C)(C)P(c1ccc(F)cc1)C(C)(C)C.Cl[CH2][Pd]. The Kier molecular flexibility index (Phi) is 8.32. The van der Waals surface area contributed by atoms with E-state index in [1.165, 1.54) is 5.30 Å². The topological polar surface area (TPSA) is 0 Å². The van der Waals surface area contributed by atoms with Gasteiger partial charge < -0.3 is 0 Å². The van der Waals surface area contributed by atoms with Gasteiger partial charge in [-0.2, -0.15) is 0 Å². The van der Waals surface area contributed by atoms with E-state index in [1.54, 1.807) is 12.1 Å². The first kappa shape index (κ1) is 19.5. The maximum atomic E-state index is 13.0. The van der Waals surface area contributed by atoms with E-state index < -0.39 is 0 Å². The fourth-order valence-corrected chi connectivity index (χ4v) is 6.38. The molecule has 4 heteroatoms. The van der Waals surface area contributed by atoms with Crippen LogP contribution in [0.25, 0.3) is 0 Å². The van der Waals surface area contributed by atoms with Crippen LogP contribution >= 0.6 is 19.5 Å². The Morgan fingerprint density at radius 2 is 1.32 bits per heavy atom. The normalized spacial score (nSPS) is 12.2. The third-order valence-corrected chi connectivity index (χ3v) is 5.92. The van der Waals surface area contributed by atoms with Crippen LogP contribution in [-0.2, 0) is 19.2 Å². The van der Waals surface area contributed by atoms with Crippen LogP contribution < -0.4 is 5.30 Å². The van der Waals surface area contributed by atoms with E-state index in [4.69, 9.17) is 11.6 Å². The monoisotopic (exact) mass is 395 g/mol. The van der Waals surface area contributed by atoms with Crippen LogP contribution in [0.3, 0.4) is 0 Å². The molecule has 0 radical (unpaired) electrons. The van der Waals surface area contributed by atoms with Crippen molar-refractivity contribution in [1.82, 2.24) is 0 Å². The molecule has 1 aromatic carbocycles. The third-order valence-electron chi connectivity index (χ3n) is 2.43. The van der Waals surface area contributed by atoms with Gasteiger partial charge >= 0.3 is 35.2 Å². The first-order chi connectivity index (χ1) is 8.54. The second kappa shape index (κ2) is 8.09. The zero-order valence-corrected chi connectivity index (χ0v) is 15.7. The Labute approximate surface area is 134 Å². The van der Waals surface area contributed by atoms with Gasteiger partial charge in [-0.05, 0) is 27.7 Å². The molecule has 0 amide bonds. The predicted octanol–water partition coefficient (Wildman–Crippen LogP) is 5.26. The van der Waals surface area contributed by atoms with Gasteiger partial charge in [0.1, 0.15) is 5.82 Å². The van der Waals surface area contributed by atoms with Crippen LogP contribution in [0.1, 0.15) is 41.5 Å². The van der Waals surface area contributed by atoms with Gasteiger partial charge in [-0.15, -0.1) is 0 Å². The fraction of sp³-hybridized carbons (Fsp3) is 0.600. The van der Waals surface area contributed by atoms with Gasteiger partial charge in [0, 0.05) is 0 Å². The second-order valence-corrected chi connectivity index (χ2v) is 11.5. The average Bonchev–Trinajstić information content (AvgIpc) is 2.18. The number of rotatable bonds is 1. The molecular formula is C15H24ClFPPd. The fourth-order valence-electron chi connectivity index (χ4n) is 2.37. The average molecular weight is 396 g/mol. The van der Waals surface area contributed by atoms with Crippen molar-refractivity contribution in [3.8, 4) is 0 Å². The molecule has 0 N–H and O–H groups in total. The quantitative estimate of drug-likeness (QED) is 0.345. The Morgan fingerprint density at radius 3 is 1.58 bits per heavy atom. The molecule has 0 heterocycles. The van der Waals surface area contributed by atoms with E-state index in [0.29, 0.717) is 4.35 Å². The molecule has 19 heavy (non-hydrogen) atoms. The Bertz CT molecular complexity index is 351.